The van der Waals surface area contributed by atoms with Gasteiger partial charge in [0.15, 0.2) is 6.29 Å². The molecule has 1 aliphatic heterocycles. The van der Waals surface area contributed by atoms with Crippen LogP contribution in [0, 0.1) is 0 Å². The quantitative estimate of drug-likeness (QED) is 0.0272. The third-order valence-corrected chi connectivity index (χ3v) is 16.4. The van der Waals surface area contributed by atoms with Crippen molar-refractivity contribution in [2.45, 2.75) is 390 Å². The molecule has 1 heterocycles. The maximum Gasteiger partial charge on any atom is 0.249 e. The van der Waals surface area contributed by atoms with E-state index in [0.717, 1.165) is 38.5 Å². The van der Waals surface area contributed by atoms with Crippen molar-refractivity contribution in [1.29, 1.82) is 0 Å². The highest BCUT2D eigenvalue weighted by Crippen LogP contribution is 2.24. The van der Waals surface area contributed by atoms with Crippen LogP contribution in [-0.4, -0.2) is 110 Å². The molecule has 11 nitrogen and oxygen atoms in total. The Morgan fingerprint density at radius 1 is 0.413 bits per heavy atom. The standard InChI is InChI=1S/C64H127NO10/c1-3-5-7-9-11-13-15-17-19-21-23-25-27-28-29-30-32-33-35-37-39-41-43-45-47-49-51-56(67)59(69)55(54-74-64-62(72)61(71)60(70)58(53-66)75-64)65-63(73)57(68)52-50-48-46-44-42-40-38-36-34-31-26-24-22-20-18-16-14-12-10-8-6-4-2/h55-62,64,66-72H,3-54H2,1-2H3,(H,65,73). The van der Waals surface area contributed by atoms with E-state index in [1.165, 1.54) is 257 Å². The fourth-order valence-electron chi connectivity index (χ4n) is 11.1. The maximum absolute atomic E-state index is 13.2. The summed E-state index contributed by atoms with van der Waals surface area (Å²) in [5.74, 6) is -0.688. The summed E-state index contributed by atoms with van der Waals surface area (Å²) >= 11 is 0. The molecule has 1 fully saturated rings. The molecule has 11 heteroatoms. The molecule has 1 amide bonds. The van der Waals surface area contributed by atoms with E-state index < -0.39 is 74.2 Å². The minimum absolute atomic E-state index is 0.267. The van der Waals surface area contributed by atoms with Crippen molar-refractivity contribution >= 4 is 5.91 Å². The van der Waals surface area contributed by atoms with Crippen molar-refractivity contribution in [1.82, 2.24) is 5.32 Å². The molecule has 448 valence electrons. The molecule has 0 aromatic heterocycles. The van der Waals surface area contributed by atoms with Gasteiger partial charge in [0.1, 0.15) is 36.6 Å². The third-order valence-electron chi connectivity index (χ3n) is 16.4. The van der Waals surface area contributed by atoms with E-state index in [0.29, 0.717) is 19.3 Å². The first-order valence-corrected chi connectivity index (χ1v) is 32.9. The van der Waals surface area contributed by atoms with Gasteiger partial charge in [-0.2, -0.15) is 0 Å². The highest BCUT2D eigenvalue weighted by atomic mass is 16.7. The van der Waals surface area contributed by atoms with Crippen LogP contribution in [0.1, 0.15) is 335 Å². The van der Waals surface area contributed by atoms with Crippen LogP contribution in [0.25, 0.3) is 0 Å². The fraction of sp³-hybridized carbons (Fsp3) is 0.984. The number of aliphatic hydroxyl groups excluding tert-OH is 7. The number of nitrogens with one attached hydrogen (secondary N) is 1. The molecule has 0 aromatic carbocycles. The van der Waals surface area contributed by atoms with Gasteiger partial charge in [0.25, 0.3) is 0 Å². The van der Waals surface area contributed by atoms with Crippen molar-refractivity contribution < 1.29 is 50.0 Å². The Balaban J connectivity index is 2.23. The summed E-state index contributed by atoms with van der Waals surface area (Å²) in [6.07, 6.45) is 51.7. The lowest BCUT2D eigenvalue weighted by Crippen LogP contribution is -2.60. The summed E-state index contributed by atoms with van der Waals surface area (Å²) in [7, 11) is 0. The minimum Gasteiger partial charge on any atom is -0.394 e. The molecule has 1 rings (SSSR count). The Bertz CT molecular complexity index is 1180. The van der Waals surface area contributed by atoms with Crippen LogP contribution < -0.4 is 5.32 Å². The first-order chi connectivity index (χ1) is 36.7. The number of amides is 1. The Morgan fingerprint density at radius 2 is 0.693 bits per heavy atom. The number of unbranched alkanes of at least 4 members (excludes halogenated alkanes) is 46. The van der Waals surface area contributed by atoms with Crippen LogP contribution in [0.3, 0.4) is 0 Å². The number of aliphatic hydroxyl groups is 7. The van der Waals surface area contributed by atoms with Gasteiger partial charge in [-0.25, -0.2) is 0 Å². The molecule has 0 spiro atoms. The molecule has 0 aliphatic carbocycles. The van der Waals surface area contributed by atoms with Crippen molar-refractivity contribution in [3.05, 3.63) is 0 Å². The van der Waals surface area contributed by atoms with Crippen molar-refractivity contribution in [2.24, 2.45) is 0 Å². The SMILES string of the molecule is CCCCCCCCCCCCCCCCCCCCCCCCCCCCC(O)C(O)C(COC1OC(CO)C(O)C(O)C1O)NC(=O)C(O)CCCCCCCCCCCCCCCCCCCCCCCC. The molecule has 9 atom stereocenters. The molecule has 1 aliphatic rings. The molecule has 0 aromatic rings. The second-order valence-electron chi connectivity index (χ2n) is 23.6. The second-order valence-corrected chi connectivity index (χ2v) is 23.6. The topological polar surface area (TPSA) is 189 Å². The van der Waals surface area contributed by atoms with Crippen LogP contribution in [0.4, 0.5) is 0 Å². The highest BCUT2D eigenvalue weighted by Gasteiger charge is 2.44. The van der Waals surface area contributed by atoms with E-state index in [9.17, 15) is 40.5 Å². The Morgan fingerprint density at radius 3 is 0.987 bits per heavy atom. The molecular weight excluding hydrogens is 943 g/mol. The summed E-state index contributed by atoms with van der Waals surface area (Å²) < 4.78 is 11.2. The second kappa shape index (κ2) is 53.7. The van der Waals surface area contributed by atoms with E-state index in [-0.39, 0.29) is 6.42 Å². The Labute approximate surface area is 462 Å². The summed E-state index contributed by atoms with van der Waals surface area (Å²) in [6.45, 7) is 3.52. The van der Waals surface area contributed by atoms with Gasteiger partial charge < -0.3 is 50.5 Å². The van der Waals surface area contributed by atoms with Gasteiger partial charge in [-0.1, -0.05) is 322 Å². The summed E-state index contributed by atoms with van der Waals surface area (Å²) in [6, 6.07) is -1.16. The molecule has 1 saturated heterocycles. The first-order valence-electron chi connectivity index (χ1n) is 32.9. The molecule has 8 N–H and O–H groups in total. The average molecular weight is 1070 g/mol. The molecular formula is C64H127NO10. The van der Waals surface area contributed by atoms with Crippen LogP contribution in [0.2, 0.25) is 0 Å². The first kappa shape index (κ1) is 72.1. The van der Waals surface area contributed by atoms with Crippen LogP contribution in [0.15, 0.2) is 0 Å². The predicted octanol–water partition coefficient (Wildman–Crippen LogP) is 14.9. The number of hydrogen-bond donors (Lipinski definition) is 8. The predicted molar refractivity (Wildman–Crippen MR) is 312 cm³/mol. The van der Waals surface area contributed by atoms with Crippen LogP contribution in [-0.2, 0) is 14.3 Å². The van der Waals surface area contributed by atoms with Gasteiger partial charge in [-0.3, -0.25) is 4.79 Å². The number of carbonyl (C=O) groups excluding carboxylic acids is 1. The molecule has 0 bridgehead atoms. The highest BCUT2D eigenvalue weighted by molar-refractivity contribution is 5.80. The van der Waals surface area contributed by atoms with Gasteiger partial charge >= 0.3 is 0 Å². The van der Waals surface area contributed by atoms with Gasteiger partial charge in [0, 0.05) is 0 Å². The number of ether oxygens (including phenoxy) is 2. The normalized spacial score (nSPS) is 19.6. The van der Waals surface area contributed by atoms with Crippen molar-refractivity contribution in [3.63, 3.8) is 0 Å². The van der Waals surface area contributed by atoms with E-state index in [1.54, 1.807) is 0 Å². The largest absolute Gasteiger partial charge is 0.394 e. The zero-order valence-corrected chi connectivity index (χ0v) is 49.3. The van der Waals surface area contributed by atoms with Crippen molar-refractivity contribution in [3.8, 4) is 0 Å². The van der Waals surface area contributed by atoms with Gasteiger partial charge in [-0.15, -0.1) is 0 Å². The van der Waals surface area contributed by atoms with E-state index in [2.05, 4.69) is 19.2 Å². The smallest absolute Gasteiger partial charge is 0.249 e. The Hall–Kier alpha value is -0.890. The molecule has 0 saturated carbocycles. The average Bonchev–Trinajstić information content (AvgIpc) is 3.41. The Kier molecular flexibility index (Phi) is 51.7. The monoisotopic (exact) mass is 1070 g/mol. The lowest BCUT2D eigenvalue weighted by Gasteiger charge is -2.40. The van der Waals surface area contributed by atoms with E-state index >= 15 is 0 Å². The van der Waals surface area contributed by atoms with Crippen LogP contribution in [0.5, 0.6) is 0 Å². The molecule has 0 radical (unpaired) electrons. The number of hydrogen-bond acceptors (Lipinski definition) is 10. The summed E-state index contributed by atoms with van der Waals surface area (Å²) in [4.78, 5) is 13.2. The van der Waals surface area contributed by atoms with E-state index in [4.69, 9.17) is 9.47 Å². The zero-order chi connectivity index (χ0) is 54.7. The molecule has 75 heavy (non-hydrogen) atoms. The lowest BCUT2D eigenvalue weighted by molar-refractivity contribution is -0.303. The van der Waals surface area contributed by atoms with Crippen LogP contribution >= 0.6 is 0 Å². The summed E-state index contributed by atoms with van der Waals surface area (Å²) in [5.41, 5.74) is 0. The van der Waals surface area contributed by atoms with E-state index in [1.807, 2.05) is 0 Å². The summed E-state index contributed by atoms with van der Waals surface area (Å²) in [5, 5.41) is 76.4. The van der Waals surface area contributed by atoms with Crippen molar-refractivity contribution in [2.75, 3.05) is 13.2 Å². The number of carbonyl (C=O) groups is 1. The third kappa shape index (κ3) is 41.7. The van der Waals surface area contributed by atoms with Gasteiger partial charge in [0.05, 0.1) is 25.4 Å². The maximum atomic E-state index is 13.2. The minimum atomic E-state index is -1.66. The van der Waals surface area contributed by atoms with Gasteiger partial charge in [0.2, 0.25) is 5.91 Å². The fourth-order valence-corrected chi connectivity index (χ4v) is 11.1. The zero-order valence-electron chi connectivity index (χ0n) is 49.3. The molecule has 9 unspecified atom stereocenters. The number of rotatable bonds is 58. The van der Waals surface area contributed by atoms with Gasteiger partial charge in [-0.05, 0) is 12.8 Å². The lowest BCUT2D eigenvalue weighted by atomic mass is 9.98.